The van der Waals surface area contributed by atoms with E-state index in [1.807, 2.05) is 102 Å². The van der Waals surface area contributed by atoms with E-state index in [1.54, 1.807) is 12.1 Å². The molecule has 6 nitrogen and oxygen atoms in total. The molecule has 0 bridgehead atoms. The molecule has 0 fully saturated rings. The van der Waals surface area contributed by atoms with E-state index in [0.29, 0.717) is 33.9 Å². The van der Waals surface area contributed by atoms with E-state index in [9.17, 15) is 10.2 Å². The average molecular weight is 658 g/mol. The van der Waals surface area contributed by atoms with Gasteiger partial charge in [0, 0.05) is 35.1 Å². The number of aromatic hydroxyl groups is 2. The van der Waals surface area contributed by atoms with E-state index in [4.69, 9.17) is 19.9 Å². The van der Waals surface area contributed by atoms with E-state index >= 15 is 0 Å². The number of carboxylic acids is 1. The van der Waals surface area contributed by atoms with Crippen molar-refractivity contribution in [1.29, 1.82) is 0 Å². The van der Waals surface area contributed by atoms with Crippen molar-refractivity contribution in [2.75, 3.05) is 0 Å². The molecule has 0 atom stereocenters. The van der Waals surface area contributed by atoms with Gasteiger partial charge in [-0.3, -0.25) is 4.79 Å². The van der Waals surface area contributed by atoms with Crippen LogP contribution in [0.1, 0.15) is 101 Å². The third-order valence-electron chi connectivity index (χ3n) is 6.04. The van der Waals surface area contributed by atoms with E-state index in [-0.39, 0.29) is 39.4 Å². The van der Waals surface area contributed by atoms with Crippen molar-refractivity contribution < 1.29 is 37.2 Å². The average Bonchev–Trinajstić information content (AvgIpc) is 2.99. The fourth-order valence-electron chi connectivity index (χ4n) is 3.87. The van der Waals surface area contributed by atoms with Crippen molar-refractivity contribution in [3.8, 4) is 45.4 Å². The van der Waals surface area contributed by atoms with Gasteiger partial charge in [-0.05, 0) is 70.5 Å². The number of aliphatic carboxylic acids is 1. The second kappa shape index (κ2) is 20.4. The van der Waals surface area contributed by atoms with Gasteiger partial charge < -0.3 is 15.3 Å². The quantitative estimate of drug-likeness (QED) is 0.189. The molecule has 2 heterocycles. The topological polar surface area (TPSA) is 104 Å². The first-order chi connectivity index (χ1) is 20.7. The van der Waals surface area contributed by atoms with E-state index in [0.717, 1.165) is 18.1 Å². The van der Waals surface area contributed by atoms with Gasteiger partial charge in [-0.2, -0.15) is 0 Å². The molecule has 0 spiro atoms. The number of benzene rings is 2. The molecule has 0 aliphatic carbocycles. The van der Waals surface area contributed by atoms with Gasteiger partial charge >= 0.3 is 0 Å². The van der Waals surface area contributed by atoms with E-state index in [1.165, 1.54) is 0 Å². The van der Waals surface area contributed by atoms with Crippen LogP contribution in [-0.4, -0.2) is 31.3 Å². The fourth-order valence-corrected chi connectivity index (χ4v) is 3.87. The molecule has 4 aromatic rings. The predicted octanol–water partition coefficient (Wildman–Crippen LogP) is 10.7. The second-order valence-corrected chi connectivity index (χ2v) is 11.3. The largest absolute Gasteiger partial charge is 0.507 e. The first kappa shape index (κ1) is 43.5. The normalized spacial score (nSPS) is 10.1. The third kappa shape index (κ3) is 13.5. The first-order valence-electron chi connectivity index (χ1n) is 15.5. The van der Waals surface area contributed by atoms with Crippen molar-refractivity contribution in [2.45, 2.75) is 101 Å². The molecule has 0 unspecified atom stereocenters. The van der Waals surface area contributed by atoms with Crippen LogP contribution in [0.15, 0.2) is 72.8 Å². The number of rotatable bonds is 3. The van der Waals surface area contributed by atoms with Crippen molar-refractivity contribution in [3.63, 3.8) is 0 Å². The Morgan fingerprint density at radius 2 is 0.822 bits per heavy atom. The molecule has 0 saturated heterocycles. The number of phenols is 2. The zero-order chi connectivity index (χ0) is 34.3. The van der Waals surface area contributed by atoms with Gasteiger partial charge in [0.1, 0.15) is 11.5 Å². The minimum absolute atomic E-state index is 0. The molecule has 2 aromatic heterocycles. The SMILES string of the molecule is CC.CC.CC.CC(=O)O.CC(C)(C)c1ccc(O)c(-c2cccc(-c3cccc(-c4cc(C(C)(C)C)ccc4O)n3)n2)c1.[Mn]. The molecule has 0 saturated carbocycles. The van der Waals surface area contributed by atoms with Crippen LogP contribution in [-0.2, 0) is 32.7 Å². The van der Waals surface area contributed by atoms with Gasteiger partial charge in [0.05, 0.1) is 22.8 Å². The van der Waals surface area contributed by atoms with Crippen molar-refractivity contribution >= 4 is 5.97 Å². The van der Waals surface area contributed by atoms with E-state index in [2.05, 4.69) is 41.5 Å². The van der Waals surface area contributed by atoms with Crippen molar-refractivity contribution in [3.05, 3.63) is 83.9 Å². The van der Waals surface area contributed by atoms with Crippen LogP contribution in [0.2, 0.25) is 0 Å². The number of hydrogen-bond acceptors (Lipinski definition) is 5. The molecule has 0 amide bonds. The van der Waals surface area contributed by atoms with Crippen LogP contribution in [0.5, 0.6) is 11.5 Å². The maximum atomic E-state index is 10.5. The van der Waals surface area contributed by atoms with Gasteiger partial charge in [0.15, 0.2) is 0 Å². The summed E-state index contributed by atoms with van der Waals surface area (Å²) in [5.41, 5.74) is 6.33. The summed E-state index contributed by atoms with van der Waals surface area (Å²) in [6.07, 6.45) is 0. The molecular formula is C38H54MnN2O4. The summed E-state index contributed by atoms with van der Waals surface area (Å²) in [7, 11) is 0. The summed E-state index contributed by atoms with van der Waals surface area (Å²) < 4.78 is 0. The second-order valence-electron chi connectivity index (χ2n) is 11.3. The van der Waals surface area contributed by atoms with Crippen LogP contribution < -0.4 is 0 Å². The van der Waals surface area contributed by atoms with Gasteiger partial charge in [0.2, 0.25) is 0 Å². The zero-order valence-electron chi connectivity index (χ0n) is 29.5. The number of hydrogen-bond donors (Lipinski definition) is 3. The van der Waals surface area contributed by atoms with Crippen LogP contribution in [0, 0.1) is 0 Å². The number of nitrogens with zero attached hydrogens (tertiary/aromatic N) is 2. The summed E-state index contributed by atoms with van der Waals surface area (Å²) in [5.74, 6) is -0.438. The summed E-state index contributed by atoms with van der Waals surface area (Å²) >= 11 is 0. The molecule has 7 heteroatoms. The Morgan fingerprint density at radius 3 is 1.09 bits per heavy atom. The Morgan fingerprint density at radius 1 is 0.556 bits per heavy atom. The van der Waals surface area contributed by atoms with Crippen molar-refractivity contribution in [2.24, 2.45) is 0 Å². The Balaban J connectivity index is 0. The summed E-state index contributed by atoms with van der Waals surface area (Å²) in [4.78, 5) is 18.7. The Hall–Kier alpha value is -3.67. The number of aromatic nitrogens is 2. The van der Waals surface area contributed by atoms with Gasteiger partial charge in [-0.15, -0.1) is 0 Å². The van der Waals surface area contributed by atoms with Gasteiger partial charge in [-0.1, -0.05) is 107 Å². The first-order valence-corrected chi connectivity index (χ1v) is 15.5. The summed E-state index contributed by atoms with van der Waals surface area (Å²) in [6, 6.07) is 22.8. The monoisotopic (exact) mass is 657 g/mol. The number of pyridine rings is 2. The molecule has 45 heavy (non-hydrogen) atoms. The molecular weight excluding hydrogens is 603 g/mol. The zero-order valence-corrected chi connectivity index (χ0v) is 30.6. The minimum Gasteiger partial charge on any atom is -0.507 e. The minimum atomic E-state index is -0.833. The number of carbonyl (C=O) groups is 1. The maximum absolute atomic E-state index is 10.5. The van der Waals surface area contributed by atoms with Gasteiger partial charge in [-0.25, -0.2) is 9.97 Å². The predicted molar refractivity (Wildman–Crippen MR) is 186 cm³/mol. The molecule has 0 aliphatic heterocycles. The molecule has 0 aliphatic rings. The molecule has 3 N–H and O–H groups in total. The molecule has 4 rings (SSSR count). The number of carboxylic acid groups (broad SMARTS) is 1. The summed E-state index contributed by atoms with van der Waals surface area (Å²) in [5, 5.41) is 28.5. The van der Waals surface area contributed by atoms with Crippen LogP contribution in [0.3, 0.4) is 0 Å². The van der Waals surface area contributed by atoms with Gasteiger partial charge in [0.25, 0.3) is 5.97 Å². The Bertz CT molecular complexity index is 1350. The van der Waals surface area contributed by atoms with Crippen LogP contribution in [0.25, 0.3) is 33.9 Å². The fraction of sp³-hybridized carbons (Fsp3) is 0.395. The Labute approximate surface area is 282 Å². The molecule has 1 radical (unpaired) electrons. The molecule has 2 aromatic carbocycles. The Kier molecular flexibility index (Phi) is 19.7. The van der Waals surface area contributed by atoms with Crippen LogP contribution in [0.4, 0.5) is 0 Å². The summed E-state index contributed by atoms with van der Waals surface area (Å²) in [6.45, 7) is 26.0. The van der Waals surface area contributed by atoms with Crippen LogP contribution >= 0.6 is 0 Å². The van der Waals surface area contributed by atoms with E-state index < -0.39 is 5.97 Å². The third-order valence-corrected chi connectivity index (χ3v) is 6.04. The maximum Gasteiger partial charge on any atom is 0.300 e. The van der Waals surface area contributed by atoms with Crippen molar-refractivity contribution in [1.82, 2.24) is 9.97 Å². The standard InChI is InChI=1S/C30H32N2O2.C2H4O2.3C2H6.Mn/c1-29(2,3)19-13-15-27(33)21(17-19)23-9-7-11-25(31-23)26-12-8-10-24(32-26)22-18-20(30(4,5)6)14-16-28(22)34;1-2(3)4;3*1-2;/h7-18,33-34H,1-6H3;1H3,(H,3,4);3*1-2H3;. The smallest absolute Gasteiger partial charge is 0.300 e. The molecule has 247 valence electrons. The number of phenolic OH excluding ortho intramolecular Hbond substituents is 2.